The van der Waals surface area contributed by atoms with Crippen molar-refractivity contribution in [3.8, 4) is 11.4 Å². The van der Waals surface area contributed by atoms with Gasteiger partial charge in [0, 0.05) is 31.3 Å². The van der Waals surface area contributed by atoms with Crippen molar-refractivity contribution >= 4 is 11.8 Å². The number of hydrogen-bond acceptors (Lipinski definition) is 5. The highest BCUT2D eigenvalue weighted by Crippen LogP contribution is 2.68. The number of aromatic amines is 1. The molecular formula is C21H25N5O3. The average molecular weight is 395 g/mol. The third-order valence-electron chi connectivity index (χ3n) is 6.76. The lowest BCUT2D eigenvalue weighted by molar-refractivity contribution is -0.135. The van der Waals surface area contributed by atoms with Gasteiger partial charge in [0.25, 0.3) is 5.91 Å². The summed E-state index contributed by atoms with van der Waals surface area (Å²) < 4.78 is 5.38. The van der Waals surface area contributed by atoms with Crippen LogP contribution in [-0.2, 0) is 9.53 Å². The first kappa shape index (κ1) is 18.3. The molecule has 0 saturated heterocycles. The van der Waals surface area contributed by atoms with E-state index in [2.05, 4.69) is 25.8 Å². The summed E-state index contributed by atoms with van der Waals surface area (Å²) in [6.07, 6.45) is 6.23. The van der Waals surface area contributed by atoms with Gasteiger partial charge >= 0.3 is 0 Å². The summed E-state index contributed by atoms with van der Waals surface area (Å²) in [5.74, 6) is 0.388. The summed E-state index contributed by atoms with van der Waals surface area (Å²) >= 11 is 0. The molecule has 3 aliphatic rings. The molecule has 0 aromatic carbocycles. The quantitative estimate of drug-likeness (QED) is 0.689. The van der Waals surface area contributed by atoms with Gasteiger partial charge in [0.2, 0.25) is 5.91 Å². The van der Waals surface area contributed by atoms with Crippen molar-refractivity contribution in [2.24, 2.45) is 11.3 Å². The van der Waals surface area contributed by atoms with Gasteiger partial charge in [-0.05, 0) is 50.3 Å². The Morgan fingerprint density at radius 3 is 2.72 bits per heavy atom. The molecule has 8 heteroatoms. The van der Waals surface area contributed by atoms with Crippen molar-refractivity contribution < 1.29 is 14.3 Å². The Kier molecular flexibility index (Phi) is 4.38. The largest absolute Gasteiger partial charge is 0.381 e. The zero-order valence-corrected chi connectivity index (χ0v) is 16.4. The second-order valence-corrected chi connectivity index (χ2v) is 8.48. The maximum atomic E-state index is 12.6. The lowest BCUT2D eigenvalue weighted by Gasteiger charge is -2.33. The van der Waals surface area contributed by atoms with Crippen molar-refractivity contribution in [3.05, 3.63) is 36.2 Å². The summed E-state index contributed by atoms with van der Waals surface area (Å²) in [6.45, 7) is 0. The number of nitrogens with zero attached hydrogens (tertiary/aromatic N) is 2. The fourth-order valence-electron chi connectivity index (χ4n) is 4.92. The van der Waals surface area contributed by atoms with Gasteiger partial charge in [-0.2, -0.15) is 5.10 Å². The van der Waals surface area contributed by atoms with E-state index >= 15 is 0 Å². The zero-order chi connectivity index (χ0) is 20.0. The molecule has 0 unspecified atom stereocenters. The Morgan fingerprint density at radius 2 is 2.00 bits per heavy atom. The van der Waals surface area contributed by atoms with Gasteiger partial charge in [-0.15, -0.1) is 0 Å². The van der Waals surface area contributed by atoms with E-state index in [0.717, 1.165) is 37.8 Å². The number of amides is 2. The number of H-pyrrole nitrogens is 1. The van der Waals surface area contributed by atoms with Gasteiger partial charge in [-0.1, -0.05) is 6.07 Å². The van der Waals surface area contributed by atoms with Gasteiger partial charge in [0.1, 0.15) is 11.4 Å². The summed E-state index contributed by atoms with van der Waals surface area (Å²) in [6, 6.07) is 7.45. The van der Waals surface area contributed by atoms with E-state index in [1.54, 1.807) is 19.4 Å². The van der Waals surface area contributed by atoms with Crippen molar-refractivity contribution in [3.63, 3.8) is 0 Å². The second kappa shape index (κ2) is 6.95. The van der Waals surface area contributed by atoms with Crippen molar-refractivity contribution in [2.45, 2.75) is 50.3 Å². The molecule has 3 fully saturated rings. The van der Waals surface area contributed by atoms with Crippen molar-refractivity contribution in [2.75, 3.05) is 7.11 Å². The first-order chi connectivity index (χ1) is 14.1. The van der Waals surface area contributed by atoms with E-state index in [-0.39, 0.29) is 35.4 Å². The number of nitrogens with one attached hydrogen (secondary N) is 3. The van der Waals surface area contributed by atoms with Crippen LogP contribution in [0.2, 0.25) is 0 Å². The van der Waals surface area contributed by atoms with E-state index in [9.17, 15) is 9.59 Å². The molecule has 0 radical (unpaired) electrons. The fraction of sp³-hybridized carbons (Fsp3) is 0.524. The van der Waals surface area contributed by atoms with E-state index in [1.165, 1.54) is 0 Å². The molecule has 3 saturated carbocycles. The van der Waals surface area contributed by atoms with E-state index < -0.39 is 0 Å². The predicted octanol–water partition coefficient (Wildman–Crippen LogP) is 1.66. The van der Waals surface area contributed by atoms with Crippen LogP contribution in [0.3, 0.4) is 0 Å². The van der Waals surface area contributed by atoms with Crippen LogP contribution in [0, 0.1) is 11.3 Å². The first-order valence-corrected chi connectivity index (χ1v) is 10.2. The summed E-state index contributed by atoms with van der Waals surface area (Å²) in [7, 11) is 1.72. The van der Waals surface area contributed by atoms with Crippen molar-refractivity contribution in [1.82, 2.24) is 25.8 Å². The lowest BCUT2D eigenvalue weighted by atomic mass is 9.81. The number of fused-ring (bicyclic) bond motifs is 1. The summed E-state index contributed by atoms with van der Waals surface area (Å²) in [5, 5.41) is 13.2. The van der Waals surface area contributed by atoms with Crippen LogP contribution in [-0.4, -0.2) is 52.3 Å². The molecule has 3 N–H and O–H groups in total. The molecule has 2 amide bonds. The normalized spacial score (nSPS) is 32.2. The van der Waals surface area contributed by atoms with Crippen molar-refractivity contribution in [1.29, 1.82) is 0 Å². The molecule has 152 valence electrons. The van der Waals surface area contributed by atoms with Gasteiger partial charge in [0.05, 0.1) is 17.2 Å². The Morgan fingerprint density at radius 1 is 1.17 bits per heavy atom. The molecule has 2 heterocycles. The number of aromatic nitrogens is 3. The number of methoxy groups -OCH3 is 1. The summed E-state index contributed by atoms with van der Waals surface area (Å²) in [4.78, 5) is 29.4. The minimum atomic E-state index is -0.181. The highest BCUT2D eigenvalue weighted by Gasteiger charge is 2.72. The SMILES string of the molecule is CO[C@@H]1C[C@@]2(C(=O)N[C@@H]3CC[C@H](NC(=O)c4cc(-c5ccccn5)n[nH]4)C3)C[C@@H]12. The Labute approximate surface area is 168 Å². The van der Waals surface area contributed by atoms with Crippen LogP contribution in [0.15, 0.2) is 30.5 Å². The van der Waals surface area contributed by atoms with Crippen LogP contribution in [0.25, 0.3) is 11.4 Å². The molecule has 3 aliphatic carbocycles. The molecule has 2 aromatic heterocycles. The minimum absolute atomic E-state index is 0.0509. The van der Waals surface area contributed by atoms with E-state index in [1.807, 2.05) is 18.2 Å². The fourth-order valence-corrected chi connectivity index (χ4v) is 4.92. The number of carbonyl (C=O) groups excluding carboxylic acids is 2. The highest BCUT2D eigenvalue weighted by atomic mass is 16.5. The molecule has 2 aromatic rings. The molecule has 5 atom stereocenters. The van der Waals surface area contributed by atoms with Gasteiger partial charge < -0.3 is 15.4 Å². The topological polar surface area (TPSA) is 109 Å². The number of rotatable bonds is 6. The highest BCUT2D eigenvalue weighted by molar-refractivity contribution is 5.93. The van der Waals surface area contributed by atoms with Crippen LogP contribution < -0.4 is 10.6 Å². The molecule has 0 spiro atoms. The molecule has 5 rings (SSSR count). The third kappa shape index (κ3) is 3.21. The maximum absolute atomic E-state index is 12.6. The van der Waals surface area contributed by atoms with Gasteiger partial charge in [-0.3, -0.25) is 19.7 Å². The standard InChI is InChI=1S/C21H25N5O3/c1-29-18-11-21(10-14(18)21)20(28)24-13-6-5-12(8-13)23-19(27)17-9-16(25-26-17)15-4-2-3-7-22-15/h2-4,7,9,12-14,18H,5-6,8,10-11H2,1H3,(H,23,27)(H,24,28)(H,25,26)/t12-,13+,14-,18+,21-/m0/s1. The smallest absolute Gasteiger partial charge is 0.269 e. The van der Waals surface area contributed by atoms with Crippen LogP contribution in [0.4, 0.5) is 0 Å². The average Bonchev–Trinajstić information content (AvgIpc) is 3.11. The predicted molar refractivity (Wildman–Crippen MR) is 105 cm³/mol. The van der Waals surface area contributed by atoms with Crippen LogP contribution in [0.5, 0.6) is 0 Å². The van der Waals surface area contributed by atoms with Crippen LogP contribution >= 0.6 is 0 Å². The zero-order valence-electron chi connectivity index (χ0n) is 16.4. The molecule has 0 aliphatic heterocycles. The lowest BCUT2D eigenvalue weighted by Crippen LogP contribution is -2.47. The number of carbonyl (C=O) groups is 2. The van der Waals surface area contributed by atoms with Gasteiger partial charge in [0.15, 0.2) is 0 Å². The second-order valence-electron chi connectivity index (χ2n) is 8.48. The molecular weight excluding hydrogens is 370 g/mol. The monoisotopic (exact) mass is 395 g/mol. The Bertz CT molecular complexity index is 929. The maximum Gasteiger partial charge on any atom is 0.269 e. The number of ether oxygens (including phenoxy) is 1. The minimum Gasteiger partial charge on any atom is -0.381 e. The van der Waals surface area contributed by atoms with E-state index in [4.69, 9.17) is 4.74 Å². The van der Waals surface area contributed by atoms with Gasteiger partial charge in [-0.25, -0.2) is 0 Å². The van der Waals surface area contributed by atoms with Crippen LogP contribution in [0.1, 0.15) is 42.6 Å². The third-order valence-corrected chi connectivity index (χ3v) is 6.76. The molecule has 0 bridgehead atoms. The summed E-state index contributed by atoms with van der Waals surface area (Å²) in [5.41, 5.74) is 1.61. The number of pyridine rings is 1. The van der Waals surface area contributed by atoms with E-state index in [0.29, 0.717) is 17.3 Å². The Hall–Kier alpha value is -2.74. The number of hydrogen-bond donors (Lipinski definition) is 3. The molecule has 29 heavy (non-hydrogen) atoms. The molecule has 8 nitrogen and oxygen atoms in total. The first-order valence-electron chi connectivity index (χ1n) is 10.2. The Balaban J connectivity index is 1.12.